The summed E-state index contributed by atoms with van der Waals surface area (Å²) in [7, 11) is 0. The van der Waals surface area contributed by atoms with Crippen LogP contribution in [0.2, 0.25) is 5.02 Å². The Labute approximate surface area is 139 Å². The Morgan fingerprint density at radius 2 is 2.14 bits per heavy atom. The topological polar surface area (TPSA) is 59.8 Å². The number of hydrogen-bond acceptors (Lipinski definition) is 4. The number of hydrogen-bond donors (Lipinski definition) is 1. The van der Waals surface area contributed by atoms with E-state index in [1.807, 2.05) is 24.5 Å². The summed E-state index contributed by atoms with van der Waals surface area (Å²) in [4.78, 5) is 12.1. The van der Waals surface area contributed by atoms with Gasteiger partial charge in [0, 0.05) is 17.3 Å². The van der Waals surface area contributed by atoms with E-state index in [-0.39, 0.29) is 11.7 Å². The molecule has 5 nitrogen and oxygen atoms in total. The average Bonchev–Trinajstić information content (AvgIpc) is 2.82. The van der Waals surface area contributed by atoms with Crippen molar-refractivity contribution in [1.82, 2.24) is 14.8 Å². The number of aromatic nitrogens is 3. The molecule has 0 aliphatic carbocycles. The van der Waals surface area contributed by atoms with E-state index in [1.54, 1.807) is 12.1 Å². The van der Waals surface area contributed by atoms with Gasteiger partial charge < -0.3 is 9.88 Å². The largest absolute Gasteiger partial charge is 0.325 e. The minimum atomic E-state index is -0.0842. The van der Waals surface area contributed by atoms with Gasteiger partial charge in [0.05, 0.1) is 5.75 Å². The number of rotatable bonds is 6. The molecule has 0 spiro atoms. The highest BCUT2D eigenvalue weighted by atomic mass is 35.5. The zero-order valence-electron chi connectivity index (χ0n) is 12.9. The SMILES string of the molecule is CCCn1c(C)nnc1SCC(=O)Nc1cc(Cl)ccc1C. The number of aryl methyl sites for hydroxylation is 2. The number of anilines is 1. The van der Waals surface area contributed by atoms with Crippen LogP contribution in [0, 0.1) is 13.8 Å². The first-order valence-corrected chi connectivity index (χ1v) is 8.46. The van der Waals surface area contributed by atoms with Crippen LogP contribution in [-0.4, -0.2) is 26.4 Å². The standard InChI is InChI=1S/C15H19ClN4OS/c1-4-7-20-11(3)18-19-15(20)22-9-14(21)17-13-8-12(16)6-5-10(13)2/h5-6,8H,4,7,9H2,1-3H3,(H,17,21). The van der Waals surface area contributed by atoms with Gasteiger partial charge in [0.1, 0.15) is 5.82 Å². The first-order valence-electron chi connectivity index (χ1n) is 7.10. The van der Waals surface area contributed by atoms with Gasteiger partial charge >= 0.3 is 0 Å². The van der Waals surface area contributed by atoms with Crippen LogP contribution in [-0.2, 0) is 11.3 Å². The number of benzene rings is 1. The lowest BCUT2D eigenvalue weighted by Crippen LogP contribution is -2.15. The molecule has 0 saturated heterocycles. The first kappa shape index (κ1) is 16.8. The molecule has 2 rings (SSSR count). The fourth-order valence-electron chi connectivity index (χ4n) is 1.99. The summed E-state index contributed by atoms with van der Waals surface area (Å²) < 4.78 is 2.03. The molecule has 0 unspecified atom stereocenters. The van der Waals surface area contributed by atoms with Crippen molar-refractivity contribution in [3.05, 3.63) is 34.6 Å². The van der Waals surface area contributed by atoms with Crippen molar-refractivity contribution in [2.75, 3.05) is 11.1 Å². The highest BCUT2D eigenvalue weighted by molar-refractivity contribution is 7.99. The van der Waals surface area contributed by atoms with Crippen molar-refractivity contribution < 1.29 is 4.79 Å². The molecule has 0 aliphatic heterocycles. The van der Waals surface area contributed by atoms with Gasteiger partial charge in [0.15, 0.2) is 5.16 Å². The molecule has 1 amide bonds. The molecule has 118 valence electrons. The van der Waals surface area contributed by atoms with Crippen molar-refractivity contribution in [1.29, 1.82) is 0 Å². The molecule has 7 heteroatoms. The summed E-state index contributed by atoms with van der Waals surface area (Å²) in [5.41, 5.74) is 1.72. The summed E-state index contributed by atoms with van der Waals surface area (Å²) in [6.07, 6.45) is 1.00. The van der Waals surface area contributed by atoms with Crippen LogP contribution >= 0.6 is 23.4 Å². The maximum absolute atomic E-state index is 12.1. The third kappa shape index (κ3) is 4.24. The number of nitrogens with one attached hydrogen (secondary N) is 1. The van der Waals surface area contributed by atoms with Crippen LogP contribution in [0.15, 0.2) is 23.4 Å². The van der Waals surface area contributed by atoms with Crippen molar-refractivity contribution >= 4 is 35.0 Å². The normalized spacial score (nSPS) is 10.7. The quantitative estimate of drug-likeness (QED) is 0.816. The smallest absolute Gasteiger partial charge is 0.234 e. The molecular weight excluding hydrogens is 320 g/mol. The van der Waals surface area contributed by atoms with E-state index >= 15 is 0 Å². The summed E-state index contributed by atoms with van der Waals surface area (Å²) in [6.45, 7) is 6.81. The molecule has 1 aromatic carbocycles. The Balaban J connectivity index is 1.97. The number of carbonyl (C=O) groups is 1. The number of thioether (sulfide) groups is 1. The number of amides is 1. The second kappa shape index (κ2) is 7.65. The van der Waals surface area contributed by atoms with Crippen LogP contribution in [0.3, 0.4) is 0 Å². The Kier molecular flexibility index (Phi) is 5.85. The highest BCUT2D eigenvalue weighted by Crippen LogP contribution is 2.21. The van der Waals surface area contributed by atoms with E-state index in [0.29, 0.717) is 5.02 Å². The predicted molar refractivity (Wildman–Crippen MR) is 90.6 cm³/mol. The Morgan fingerprint density at radius 1 is 1.36 bits per heavy atom. The third-order valence-electron chi connectivity index (χ3n) is 3.16. The summed E-state index contributed by atoms with van der Waals surface area (Å²) in [5.74, 6) is 1.07. The number of carbonyl (C=O) groups excluding carboxylic acids is 1. The van der Waals surface area contributed by atoms with Crippen molar-refractivity contribution in [2.24, 2.45) is 0 Å². The fraction of sp³-hybridized carbons (Fsp3) is 0.400. The molecule has 0 atom stereocenters. The highest BCUT2D eigenvalue weighted by Gasteiger charge is 2.12. The molecule has 0 aliphatic rings. The second-order valence-corrected chi connectivity index (χ2v) is 6.36. The summed E-state index contributed by atoms with van der Waals surface area (Å²) in [5, 5.41) is 12.4. The Hall–Kier alpha value is -1.53. The molecule has 1 N–H and O–H groups in total. The Bertz CT molecular complexity index is 672. The molecule has 2 aromatic rings. The van der Waals surface area contributed by atoms with Gasteiger partial charge in [-0.15, -0.1) is 10.2 Å². The van der Waals surface area contributed by atoms with Gasteiger partial charge in [-0.3, -0.25) is 4.79 Å². The summed E-state index contributed by atoms with van der Waals surface area (Å²) >= 11 is 7.34. The average molecular weight is 339 g/mol. The van der Waals surface area contributed by atoms with E-state index in [2.05, 4.69) is 22.4 Å². The zero-order valence-corrected chi connectivity index (χ0v) is 14.5. The summed E-state index contributed by atoms with van der Waals surface area (Å²) in [6, 6.07) is 5.44. The fourth-order valence-corrected chi connectivity index (χ4v) is 2.98. The third-order valence-corrected chi connectivity index (χ3v) is 4.36. The molecule has 1 heterocycles. The van der Waals surface area contributed by atoms with E-state index in [4.69, 9.17) is 11.6 Å². The van der Waals surface area contributed by atoms with Crippen LogP contribution < -0.4 is 5.32 Å². The van der Waals surface area contributed by atoms with Crippen LogP contribution in [0.5, 0.6) is 0 Å². The van der Waals surface area contributed by atoms with Gasteiger partial charge in [0.25, 0.3) is 0 Å². The van der Waals surface area contributed by atoms with Crippen LogP contribution in [0.1, 0.15) is 24.7 Å². The monoisotopic (exact) mass is 338 g/mol. The molecular formula is C15H19ClN4OS. The van der Waals surface area contributed by atoms with E-state index in [0.717, 1.165) is 35.2 Å². The zero-order chi connectivity index (χ0) is 16.1. The molecule has 0 bridgehead atoms. The number of halogens is 1. The van der Waals surface area contributed by atoms with Gasteiger partial charge in [-0.05, 0) is 38.0 Å². The molecule has 0 radical (unpaired) electrons. The minimum absolute atomic E-state index is 0.0842. The minimum Gasteiger partial charge on any atom is -0.325 e. The molecule has 22 heavy (non-hydrogen) atoms. The van der Waals surface area contributed by atoms with E-state index < -0.39 is 0 Å². The van der Waals surface area contributed by atoms with Gasteiger partial charge in [-0.25, -0.2) is 0 Å². The van der Waals surface area contributed by atoms with Crippen molar-refractivity contribution in [3.63, 3.8) is 0 Å². The first-order chi connectivity index (χ1) is 10.5. The molecule has 0 saturated carbocycles. The van der Waals surface area contributed by atoms with Gasteiger partial charge in [-0.1, -0.05) is 36.4 Å². The molecule has 0 fully saturated rings. The van der Waals surface area contributed by atoms with E-state index in [1.165, 1.54) is 11.8 Å². The lowest BCUT2D eigenvalue weighted by molar-refractivity contribution is -0.113. The van der Waals surface area contributed by atoms with Crippen molar-refractivity contribution in [3.8, 4) is 0 Å². The van der Waals surface area contributed by atoms with Gasteiger partial charge in [-0.2, -0.15) is 0 Å². The predicted octanol–water partition coefficient (Wildman–Crippen LogP) is 3.69. The molecule has 1 aromatic heterocycles. The van der Waals surface area contributed by atoms with Crippen LogP contribution in [0.4, 0.5) is 5.69 Å². The maximum atomic E-state index is 12.1. The Morgan fingerprint density at radius 3 is 2.86 bits per heavy atom. The lowest BCUT2D eigenvalue weighted by atomic mass is 10.2. The lowest BCUT2D eigenvalue weighted by Gasteiger charge is -2.09. The van der Waals surface area contributed by atoms with E-state index in [9.17, 15) is 4.79 Å². The van der Waals surface area contributed by atoms with Crippen LogP contribution in [0.25, 0.3) is 0 Å². The van der Waals surface area contributed by atoms with Crippen molar-refractivity contribution in [2.45, 2.75) is 38.9 Å². The second-order valence-electron chi connectivity index (χ2n) is 4.98. The maximum Gasteiger partial charge on any atom is 0.234 e. The number of nitrogens with zero attached hydrogens (tertiary/aromatic N) is 3. The van der Waals surface area contributed by atoms with Gasteiger partial charge in [0.2, 0.25) is 5.91 Å².